The molecule has 1 amide bonds. The number of amides is 1. The van der Waals surface area contributed by atoms with Crippen LogP contribution in [0.4, 0.5) is 0 Å². The van der Waals surface area contributed by atoms with Crippen molar-refractivity contribution in [3.05, 3.63) is 35.9 Å². The third-order valence-electron chi connectivity index (χ3n) is 4.03. The van der Waals surface area contributed by atoms with Crippen LogP contribution in [0.5, 0.6) is 0 Å². The van der Waals surface area contributed by atoms with Crippen LogP contribution in [-0.4, -0.2) is 24.0 Å². The van der Waals surface area contributed by atoms with Gasteiger partial charge in [0.15, 0.2) is 0 Å². The lowest BCUT2D eigenvalue weighted by Crippen LogP contribution is -2.48. The summed E-state index contributed by atoms with van der Waals surface area (Å²) in [5, 5.41) is 6.49. The maximum absolute atomic E-state index is 12.0. The predicted octanol–water partition coefficient (Wildman–Crippen LogP) is 3.22. The van der Waals surface area contributed by atoms with Crippen LogP contribution in [0.25, 0.3) is 0 Å². The van der Waals surface area contributed by atoms with Crippen LogP contribution in [0.1, 0.15) is 57.9 Å². The van der Waals surface area contributed by atoms with Gasteiger partial charge in [-0.05, 0) is 45.1 Å². The molecule has 2 N–H and O–H groups in total. The highest BCUT2D eigenvalue weighted by molar-refractivity contribution is 5.78. The normalized spacial score (nSPS) is 22.8. The summed E-state index contributed by atoms with van der Waals surface area (Å²) in [5.41, 5.74) is 1.23. The highest BCUT2D eigenvalue weighted by atomic mass is 16.2. The van der Waals surface area contributed by atoms with Crippen LogP contribution >= 0.6 is 0 Å². The molecule has 1 saturated carbocycles. The van der Waals surface area contributed by atoms with Crippen molar-refractivity contribution in [2.75, 3.05) is 6.54 Å². The second-order valence-corrected chi connectivity index (χ2v) is 7.09. The maximum Gasteiger partial charge on any atom is 0.234 e. The van der Waals surface area contributed by atoms with Gasteiger partial charge in [0.2, 0.25) is 5.91 Å². The fraction of sp³-hybridized carbons (Fsp3) is 0.611. The molecule has 1 aromatic carbocycles. The summed E-state index contributed by atoms with van der Waals surface area (Å²) in [6, 6.07) is 11.1. The second-order valence-electron chi connectivity index (χ2n) is 7.09. The molecule has 0 saturated heterocycles. The minimum atomic E-state index is -0.163. The summed E-state index contributed by atoms with van der Waals surface area (Å²) in [5.74, 6) is 0.613. The van der Waals surface area contributed by atoms with Gasteiger partial charge < -0.3 is 10.6 Å². The summed E-state index contributed by atoms with van der Waals surface area (Å²) in [4.78, 5) is 12.0. The van der Waals surface area contributed by atoms with Gasteiger partial charge >= 0.3 is 0 Å². The van der Waals surface area contributed by atoms with Crippen molar-refractivity contribution in [3.63, 3.8) is 0 Å². The number of carbonyl (C=O) groups excluding carboxylic acids is 1. The van der Waals surface area contributed by atoms with E-state index in [0.29, 0.717) is 18.5 Å². The Labute approximate surface area is 128 Å². The fourth-order valence-corrected chi connectivity index (χ4v) is 3.16. The highest BCUT2D eigenvalue weighted by Gasteiger charge is 2.26. The van der Waals surface area contributed by atoms with Crippen LogP contribution in [0.15, 0.2) is 30.3 Å². The number of hydrogen-bond acceptors (Lipinski definition) is 2. The van der Waals surface area contributed by atoms with E-state index in [1.165, 1.54) is 24.8 Å². The van der Waals surface area contributed by atoms with Crippen molar-refractivity contribution in [1.82, 2.24) is 10.6 Å². The van der Waals surface area contributed by atoms with E-state index in [0.717, 1.165) is 6.42 Å². The molecular weight excluding hydrogens is 260 g/mol. The molecular formula is C18H28N2O. The zero-order valence-corrected chi connectivity index (χ0v) is 13.5. The third-order valence-corrected chi connectivity index (χ3v) is 4.03. The number of hydrogen-bond donors (Lipinski definition) is 2. The smallest absolute Gasteiger partial charge is 0.234 e. The van der Waals surface area contributed by atoms with E-state index in [9.17, 15) is 4.79 Å². The first-order valence-electron chi connectivity index (χ1n) is 8.05. The van der Waals surface area contributed by atoms with Gasteiger partial charge in [-0.2, -0.15) is 0 Å². The number of carbonyl (C=O) groups is 1. The van der Waals surface area contributed by atoms with E-state index in [4.69, 9.17) is 0 Å². The van der Waals surface area contributed by atoms with Crippen LogP contribution < -0.4 is 10.6 Å². The largest absolute Gasteiger partial charge is 0.350 e. The Morgan fingerprint density at radius 1 is 1.14 bits per heavy atom. The summed E-state index contributed by atoms with van der Waals surface area (Å²) < 4.78 is 0. The van der Waals surface area contributed by atoms with E-state index in [2.05, 4.69) is 41.0 Å². The zero-order chi connectivity index (χ0) is 15.3. The molecule has 21 heavy (non-hydrogen) atoms. The van der Waals surface area contributed by atoms with E-state index in [1.54, 1.807) is 0 Å². The lowest BCUT2D eigenvalue weighted by molar-refractivity contribution is -0.121. The summed E-state index contributed by atoms with van der Waals surface area (Å²) >= 11 is 0. The molecule has 1 aliphatic rings. The molecule has 1 aromatic rings. The monoisotopic (exact) mass is 288 g/mol. The standard InChI is InChI=1S/C18H28N2O/c1-18(2,3)20-17(21)13-19-16-12-8-7-11-15(16)14-9-5-4-6-10-14/h4-6,9-10,15-16,19H,7-8,11-13H2,1-3H3,(H,20,21). The molecule has 2 rings (SSSR count). The van der Waals surface area contributed by atoms with Gasteiger partial charge in [-0.1, -0.05) is 43.2 Å². The highest BCUT2D eigenvalue weighted by Crippen LogP contribution is 2.32. The first-order chi connectivity index (χ1) is 9.96. The topological polar surface area (TPSA) is 41.1 Å². The van der Waals surface area contributed by atoms with Crippen LogP contribution in [0, 0.1) is 0 Å². The van der Waals surface area contributed by atoms with Crippen LogP contribution in [0.3, 0.4) is 0 Å². The Hall–Kier alpha value is -1.35. The number of benzene rings is 1. The van der Waals surface area contributed by atoms with Gasteiger partial charge in [-0.15, -0.1) is 0 Å². The SMILES string of the molecule is CC(C)(C)NC(=O)CNC1CCCCC1c1ccccc1. The number of rotatable bonds is 4. The van der Waals surface area contributed by atoms with Gasteiger partial charge in [0, 0.05) is 11.6 Å². The Bertz CT molecular complexity index is 450. The van der Waals surface area contributed by atoms with Crippen molar-refractivity contribution >= 4 is 5.91 Å². The summed E-state index contributed by atoms with van der Waals surface area (Å²) in [6.45, 7) is 6.44. The Balaban J connectivity index is 1.92. The van der Waals surface area contributed by atoms with Crippen molar-refractivity contribution in [1.29, 1.82) is 0 Å². The van der Waals surface area contributed by atoms with Gasteiger partial charge in [0.1, 0.15) is 0 Å². The molecule has 0 aromatic heterocycles. The van der Waals surface area contributed by atoms with Crippen molar-refractivity contribution < 1.29 is 4.79 Å². The molecule has 116 valence electrons. The average Bonchev–Trinajstić information content (AvgIpc) is 2.45. The second kappa shape index (κ2) is 7.08. The molecule has 1 aliphatic carbocycles. The Morgan fingerprint density at radius 3 is 2.48 bits per heavy atom. The minimum Gasteiger partial charge on any atom is -0.350 e. The molecule has 2 atom stereocenters. The van der Waals surface area contributed by atoms with E-state index < -0.39 is 0 Å². The molecule has 3 nitrogen and oxygen atoms in total. The van der Waals surface area contributed by atoms with Crippen molar-refractivity contribution in [3.8, 4) is 0 Å². The molecule has 3 heteroatoms. The average molecular weight is 288 g/mol. The van der Waals surface area contributed by atoms with E-state index in [-0.39, 0.29) is 11.4 Å². The van der Waals surface area contributed by atoms with Gasteiger partial charge in [0.05, 0.1) is 6.54 Å². The zero-order valence-electron chi connectivity index (χ0n) is 13.5. The Morgan fingerprint density at radius 2 is 1.81 bits per heavy atom. The first kappa shape index (κ1) is 16.0. The maximum atomic E-state index is 12.0. The minimum absolute atomic E-state index is 0.0832. The molecule has 0 aliphatic heterocycles. The summed E-state index contributed by atoms with van der Waals surface area (Å²) in [6.07, 6.45) is 4.90. The number of nitrogens with one attached hydrogen (secondary N) is 2. The predicted molar refractivity (Wildman–Crippen MR) is 87.3 cm³/mol. The van der Waals surface area contributed by atoms with Crippen LogP contribution in [0.2, 0.25) is 0 Å². The lowest BCUT2D eigenvalue weighted by Gasteiger charge is -2.33. The fourth-order valence-electron chi connectivity index (χ4n) is 3.16. The molecule has 2 unspecified atom stereocenters. The van der Waals surface area contributed by atoms with Crippen molar-refractivity contribution in [2.45, 2.75) is 64.0 Å². The Kier molecular flexibility index (Phi) is 5.40. The van der Waals surface area contributed by atoms with E-state index in [1.807, 2.05) is 20.8 Å². The summed E-state index contributed by atoms with van der Waals surface area (Å²) in [7, 11) is 0. The lowest BCUT2D eigenvalue weighted by atomic mass is 9.80. The molecule has 0 bridgehead atoms. The first-order valence-corrected chi connectivity index (χ1v) is 8.05. The van der Waals surface area contributed by atoms with Gasteiger partial charge in [-0.3, -0.25) is 4.79 Å². The van der Waals surface area contributed by atoms with E-state index >= 15 is 0 Å². The third kappa shape index (κ3) is 5.16. The molecule has 0 heterocycles. The van der Waals surface area contributed by atoms with Crippen LogP contribution in [-0.2, 0) is 4.79 Å². The van der Waals surface area contributed by atoms with Gasteiger partial charge in [-0.25, -0.2) is 0 Å². The quantitative estimate of drug-likeness (QED) is 0.893. The molecule has 1 fully saturated rings. The molecule has 0 spiro atoms. The van der Waals surface area contributed by atoms with Gasteiger partial charge in [0.25, 0.3) is 0 Å². The van der Waals surface area contributed by atoms with Crippen molar-refractivity contribution in [2.24, 2.45) is 0 Å². The molecule has 0 radical (unpaired) electrons.